The number of hydrogen-bond acceptors (Lipinski definition) is 3. The Morgan fingerprint density at radius 1 is 0.889 bits per heavy atom. The van der Waals surface area contributed by atoms with Crippen LogP contribution < -0.4 is 0 Å². The van der Waals surface area contributed by atoms with Gasteiger partial charge in [-0.3, -0.25) is 4.79 Å². The van der Waals surface area contributed by atoms with E-state index < -0.39 is 5.97 Å². The van der Waals surface area contributed by atoms with Gasteiger partial charge >= 0.3 is 5.97 Å². The van der Waals surface area contributed by atoms with Gasteiger partial charge in [-0.05, 0) is 43.3 Å². The van der Waals surface area contributed by atoms with Gasteiger partial charge < -0.3 is 5.11 Å². The molecule has 0 heterocycles. The lowest BCUT2D eigenvalue weighted by Gasteiger charge is -2.23. The molecule has 0 saturated carbocycles. The number of rotatable bonds is 19. The standard InChI is InChI=1S/C23H43NO2S/c1-4-5-6-7-8-9-10-11-12-15-20(2)21(3)18-22(23(25)26)16-13-14-17-24-19-27/h20-22H,4-18H2,1-3H3,(H,25,26). The molecule has 0 rings (SSSR count). The summed E-state index contributed by atoms with van der Waals surface area (Å²) in [5, 5.41) is 11.9. The fourth-order valence-corrected chi connectivity index (χ4v) is 3.80. The second-order valence-corrected chi connectivity index (χ2v) is 8.49. The highest BCUT2D eigenvalue weighted by Gasteiger charge is 2.22. The second-order valence-electron chi connectivity index (χ2n) is 8.31. The smallest absolute Gasteiger partial charge is 0.306 e. The van der Waals surface area contributed by atoms with Crippen molar-refractivity contribution in [1.82, 2.24) is 0 Å². The van der Waals surface area contributed by atoms with E-state index in [2.05, 4.69) is 43.1 Å². The predicted molar refractivity (Wildman–Crippen MR) is 120 cm³/mol. The van der Waals surface area contributed by atoms with Crippen LogP contribution in [-0.4, -0.2) is 22.8 Å². The molecule has 0 fully saturated rings. The van der Waals surface area contributed by atoms with Gasteiger partial charge in [0.1, 0.15) is 0 Å². The molecule has 1 N–H and O–H groups in total. The molecule has 0 radical (unpaired) electrons. The Bertz CT molecular complexity index is 407. The molecule has 3 nitrogen and oxygen atoms in total. The molecule has 0 aromatic carbocycles. The maximum Gasteiger partial charge on any atom is 0.306 e. The van der Waals surface area contributed by atoms with E-state index in [-0.39, 0.29) is 5.92 Å². The van der Waals surface area contributed by atoms with Crippen LogP contribution in [-0.2, 0) is 4.79 Å². The molecule has 158 valence electrons. The largest absolute Gasteiger partial charge is 0.481 e. The molecular formula is C23H43NO2S. The third-order valence-corrected chi connectivity index (χ3v) is 6.01. The maximum atomic E-state index is 11.6. The summed E-state index contributed by atoms with van der Waals surface area (Å²) in [6.45, 7) is 7.45. The summed E-state index contributed by atoms with van der Waals surface area (Å²) in [6, 6.07) is 0. The molecule has 3 unspecified atom stereocenters. The molecule has 4 heteroatoms. The first kappa shape index (κ1) is 26.3. The number of aliphatic carboxylic acids is 1. The molecule has 0 aromatic heterocycles. The molecule has 0 spiro atoms. The molecule has 0 aromatic rings. The third-order valence-electron chi connectivity index (χ3n) is 5.88. The lowest BCUT2D eigenvalue weighted by molar-refractivity contribution is -0.142. The lowest BCUT2D eigenvalue weighted by Crippen LogP contribution is -2.20. The zero-order chi connectivity index (χ0) is 20.3. The minimum absolute atomic E-state index is 0.220. The Morgan fingerprint density at radius 3 is 2.00 bits per heavy atom. The lowest BCUT2D eigenvalue weighted by atomic mass is 9.82. The fraction of sp³-hybridized carbons (Fsp3) is 0.913. The van der Waals surface area contributed by atoms with E-state index >= 15 is 0 Å². The quantitative estimate of drug-likeness (QED) is 0.139. The van der Waals surface area contributed by atoms with Gasteiger partial charge in [0.2, 0.25) is 0 Å². The van der Waals surface area contributed by atoms with Crippen molar-refractivity contribution in [3.8, 4) is 0 Å². The van der Waals surface area contributed by atoms with Crippen molar-refractivity contribution in [2.24, 2.45) is 22.7 Å². The van der Waals surface area contributed by atoms with E-state index in [0.717, 1.165) is 25.7 Å². The first-order valence-electron chi connectivity index (χ1n) is 11.3. The average Bonchev–Trinajstić information content (AvgIpc) is 2.65. The van der Waals surface area contributed by atoms with Gasteiger partial charge in [0.25, 0.3) is 0 Å². The second kappa shape index (κ2) is 18.6. The highest BCUT2D eigenvalue weighted by Crippen LogP contribution is 2.27. The van der Waals surface area contributed by atoms with Crippen molar-refractivity contribution in [2.45, 2.75) is 111 Å². The molecule has 0 aliphatic carbocycles. The number of carboxylic acids is 1. The highest BCUT2D eigenvalue weighted by atomic mass is 32.1. The van der Waals surface area contributed by atoms with Gasteiger partial charge in [-0.15, -0.1) is 0 Å². The Balaban J connectivity index is 3.86. The van der Waals surface area contributed by atoms with Gasteiger partial charge in [-0.2, -0.15) is 0 Å². The van der Waals surface area contributed by atoms with Crippen LogP contribution in [0.25, 0.3) is 0 Å². The van der Waals surface area contributed by atoms with Crippen molar-refractivity contribution < 1.29 is 9.90 Å². The summed E-state index contributed by atoms with van der Waals surface area (Å²) in [7, 11) is 0. The predicted octanol–water partition coefficient (Wildman–Crippen LogP) is 7.54. The van der Waals surface area contributed by atoms with Gasteiger partial charge in [-0.1, -0.05) is 91.4 Å². The van der Waals surface area contributed by atoms with E-state index in [0.29, 0.717) is 18.4 Å². The molecule has 0 aliphatic heterocycles. The zero-order valence-electron chi connectivity index (χ0n) is 18.0. The fourth-order valence-electron chi connectivity index (χ4n) is 3.71. The first-order valence-corrected chi connectivity index (χ1v) is 11.7. The van der Waals surface area contributed by atoms with Crippen molar-refractivity contribution in [1.29, 1.82) is 0 Å². The molecule has 0 bridgehead atoms. The van der Waals surface area contributed by atoms with Crippen molar-refractivity contribution in [2.75, 3.05) is 6.54 Å². The van der Waals surface area contributed by atoms with E-state index in [9.17, 15) is 9.90 Å². The molecule has 0 aliphatic rings. The SMILES string of the molecule is CCCCCCCCCCCC(C)C(C)CC(CCCCN=C=S)C(=O)O. The van der Waals surface area contributed by atoms with Gasteiger partial charge in [0, 0.05) is 6.54 Å². The van der Waals surface area contributed by atoms with E-state index in [1.54, 1.807) is 0 Å². The van der Waals surface area contributed by atoms with E-state index in [1.165, 1.54) is 64.2 Å². The topological polar surface area (TPSA) is 49.7 Å². The Labute approximate surface area is 173 Å². The van der Waals surface area contributed by atoms with Crippen LogP contribution in [0.3, 0.4) is 0 Å². The van der Waals surface area contributed by atoms with Crippen molar-refractivity contribution in [3.63, 3.8) is 0 Å². The Hall–Kier alpha value is -0.730. The number of carbonyl (C=O) groups is 1. The van der Waals surface area contributed by atoms with Gasteiger partial charge in [0.15, 0.2) is 0 Å². The number of isothiocyanates is 1. The normalized spacial score (nSPS) is 14.3. The third kappa shape index (κ3) is 16.0. The monoisotopic (exact) mass is 397 g/mol. The summed E-state index contributed by atoms with van der Waals surface area (Å²) >= 11 is 4.55. The van der Waals surface area contributed by atoms with Crippen LogP contribution in [0.15, 0.2) is 4.99 Å². The minimum Gasteiger partial charge on any atom is -0.481 e. The number of hydrogen-bond donors (Lipinski definition) is 1. The maximum absolute atomic E-state index is 11.6. The first-order chi connectivity index (χ1) is 13.0. The summed E-state index contributed by atoms with van der Waals surface area (Å²) in [6.07, 6.45) is 16.8. The summed E-state index contributed by atoms with van der Waals surface area (Å²) in [5.41, 5.74) is 0. The highest BCUT2D eigenvalue weighted by molar-refractivity contribution is 7.78. The number of unbranched alkanes of at least 4 members (excludes halogenated alkanes) is 9. The summed E-state index contributed by atoms with van der Waals surface area (Å²) in [4.78, 5) is 15.4. The molecular weight excluding hydrogens is 354 g/mol. The zero-order valence-corrected chi connectivity index (χ0v) is 18.9. The Kier molecular flexibility index (Phi) is 18.1. The van der Waals surface area contributed by atoms with E-state index in [1.807, 2.05) is 0 Å². The molecule has 0 amide bonds. The van der Waals surface area contributed by atoms with Crippen LogP contribution in [0, 0.1) is 17.8 Å². The van der Waals surface area contributed by atoms with Crippen LogP contribution in [0.5, 0.6) is 0 Å². The van der Waals surface area contributed by atoms with Crippen LogP contribution in [0.4, 0.5) is 0 Å². The Morgan fingerprint density at radius 2 is 1.44 bits per heavy atom. The van der Waals surface area contributed by atoms with Gasteiger partial charge in [-0.25, -0.2) is 4.99 Å². The van der Waals surface area contributed by atoms with Crippen molar-refractivity contribution >= 4 is 23.3 Å². The average molecular weight is 398 g/mol. The minimum atomic E-state index is -0.643. The van der Waals surface area contributed by atoms with Crippen LogP contribution in [0.2, 0.25) is 0 Å². The number of thiocarbonyl (C=S) groups is 1. The number of nitrogens with zero attached hydrogens (tertiary/aromatic N) is 1. The summed E-state index contributed by atoms with van der Waals surface area (Å²) < 4.78 is 0. The molecule has 27 heavy (non-hydrogen) atoms. The summed E-state index contributed by atoms with van der Waals surface area (Å²) in [5.74, 6) is 0.215. The van der Waals surface area contributed by atoms with E-state index in [4.69, 9.17) is 0 Å². The van der Waals surface area contributed by atoms with Crippen LogP contribution in [0.1, 0.15) is 111 Å². The van der Waals surface area contributed by atoms with Crippen LogP contribution >= 0.6 is 12.2 Å². The number of carboxylic acid groups (broad SMARTS) is 1. The van der Waals surface area contributed by atoms with Gasteiger partial charge in [0.05, 0.1) is 11.1 Å². The van der Waals surface area contributed by atoms with Crippen molar-refractivity contribution in [3.05, 3.63) is 0 Å². The molecule has 3 atom stereocenters. The number of aliphatic imine (C=N–C) groups is 1. The molecule has 0 saturated heterocycles.